The molecule has 2 N–H and O–H groups in total. The first-order chi connectivity index (χ1) is 7.49. The average molecular weight is 247 g/mol. The van der Waals surface area contributed by atoms with Gasteiger partial charge in [-0.15, -0.1) is 0 Å². The summed E-state index contributed by atoms with van der Waals surface area (Å²) >= 11 is 0. The highest BCUT2D eigenvalue weighted by atomic mass is 32.2. The molecule has 0 unspecified atom stereocenters. The molecule has 0 radical (unpaired) electrons. The number of sulfonamides is 1. The van der Waals surface area contributed by atoms with Crippen molar-refractivity contribution in [2.45, 2.75) is 26.5 Å². The highest BCUT2D eigenvalue weighted by Crippen LogP contribution is 1.94. The van der Waals surface area contributed by atoms with Gasteiger partial charge >= 0.3 is 0 Å². The maximum absolute atomic E-state index is 11.5. The van der Waals surface area contributed by atoms with E-state index in [9.17, 15) is 8.42 Å². The Morgan fingerprint density at radius 3 is 2.88 bits per heavy atom. The predicted octanol–water partition coefficient (Wildman–Crippen LogP) is 0.254. The number of hydrogen-bond donors (Lipinski definition) is 2. The number of nitrogens with one attached hydrogen (secondary N) is 2. The van der Waals surface area contributed by atoms with Crippen molar-refractivity contribution in [1.29, 1.82) is 0 Å². The number of H-pyrrole nitrogens is 1. The molecule has 1 heterocycles. The molecule has 1 rings (SSSR count). The minimum atomic E-state index is -3.28. The van der Waals surface area contributed by atoms with Crippen LogP contribution in [-0.2, 0) is 21.3 Å². The van der Waals surface area contributed by atoms with Gasteiger partial charge in [0.2, 0.25) is 10.0 Å². The van der Waals surface area contributed by atoms with Gasteiger partial charge in [-0.25, -0.2) is 18.1 Å². The van der Waals surface area contributed by atoms with E-state index in [0.717, 1.165) is 5.69 Å². The second kappa shape index (κ2) is 5.97. The van der Waals surface area contributed by atoms with E-state index >= 15 is 0 Å². The first-order valence-electron chi connectivity index (χ1n) is 5.06. The van der Waals surface area contributed by atoms with Crippen LogP contribution in [0.25, 0.3) is 0 Å². The molecule has 16 heavy (non-hydrogen) atoms. The van der Waals surface area contributed by atoms with Gasteiger partial charge in [-0.2, -0.15) is 0 Å². The summed E-state index contributed by atoms with van der Waals surface area (Å²) in [6, 6.07) is 0. The van der Waals surface area contributed by atoms with Crippen LogP contribution in [0.4, 0.5) is 0 Å². The molecule has 0 aliphatic carbocycles. The number of nitrogens with zero attached hydrogens (tertiary/aromatic N) is 1. The minimum Gasteiger partial charge on any atom is -0.378 e. The molecule has 1 aromatic heterocycles. The highest BCUT2D eigenvalue weighted by Gasteiger charge is 2.10. The van der Waals surface area contributed by atoms with E-state index in [4.69, 9.17) is 4.74 Å². The largest absolute Gasteiger partial charge is 0.378 e. The minimum absolute atomic E-state index is 0.0285. The molecule has 0 aromatic carbocycles. The molecule has 0 amide bonds. The van der Waals surface area contributed by atoms with Crippen molar-refractivity contribution in [3.63, 3.8) is 0 Å². The Hall–Kier alpha value is -0.920. The topological polar surface area (TPSA) is 84.1 Å². The molecule has 0 saturated carbocycles. The van der Waals surface area contributed by atoms with Crippen LogP contribution in [0.1, 0.15) is 19.5 Å². The van der Waals surface area contributed by atoms with E-state index in [1.807, 2.05) is 13.8 Å². The zero-order valence-corrected chi connectivity index (χ0v) is 10.3. The summed E-state index contributed by atoms with van der Waals surface area (Å²) in [5.41, 5.74) is 0.730. The lowest BCUT2D eigenvalue weighted by Crippen LogP contribution is -2.28. The zero-order chi connectivity index (χ0) is 12.0. The monoisotopic (exact) mass is 247 g/mol. The smallest absolute Gasteiger partial charge is 0.214 e. The molecule has 92 valence electrons. The van der Waals surface area contributed by atoms with Crippen LogP contribution in [0.3, 0.4) is 0 Å². The molecule has 7 heteroatoms. The number of aromatic amines is 1. The van der Waals surface area contributed by atoms with Gasteiger partial charge in [0.1, 0.15) is 0 Å². The van der Waals surface area contributed by atoms with Crippen LogP contribution >= 0.6 is 0 Å². The number of rotatable bonds is 7. The van der Waals surface area contributed by atoms with Crippen molar-refractivity contribution >= 4 is 10.0 Å². The van der Waals surface area contributed by atoms with Crippen LogP contribution in [-0.4, -0.2) is 36.8 Å². The Morgan fingerprint density at radius 1 is 1.56 bits per heavy atom. The summed E-state index contributed by atoms with van der Waals surface area (Å²) in [5, 5.41) is 0. The summed E-state index contributed by atoms with van der Waals surface area (Å²) in [6.45, 7) is 4.16. The summed E-state index contributed by atoms with van der Waals surface area (Å²) in [4.78, 5) is 6.61. The summed E-state index contributed by atoms with van der Waals surface area (Å²) in [5.74, 6) is -0.0285. The predicted molar refractivity (Wildman–Crippen MR) is 60.3 cm³/mol. The van der Waals surface area contributed by atoms with Crippen molar-refractivity contribution < 1.29 is 13.2 Å². The molecular weight excluding hydrogens is 230 g/mol. The van der Waals surface area contributed by atoms with Crippen LogP contribution in [0, 0.1) is 0 Å². The molecule has 0 bridgehead atoms. The van der Waals surface area contributed by atoms with Gasteiger partial charge in [-0.3, -0.25) is 0 Å². The standard InChI is InChI=1S/C9H17N3O3S/c1-8(2)15-3-4-16(13,14)12-6-9-5-10-7-11-9/h5,7-8,12H,3-4,6H2,1-2H3,(H,10,11). The van der Waals surface area contributed by atoms with Gasteiger partial charge in [0, 0.05) is 11.9 Å². The van der Waals surface area contributed by atoms with Crippen LogP contribution in [0.15, 0.2) is 12.5 Å². The lowest BCUT2D eigenvalue weighted by Gasteiger charge is -2.08. The fourth-order valence-electron chi connectivity index (χ4n) is 1.03. The number of imidazole rings is 1. The Labute approximate surface area is 95.5 Å². The number of hydrogen-bond acceptors (Lipinski definition) is 4. The Morgan fingerprint density at radius 2 is 2.31 bits per heavy atom. The van der Waals surface area contributed by atoms with Gasteiger partial charge in [-0.05, 0) is 13.8 Å². The molecular formula is C9H17N3O3S. The van der Waals surface area contributed by atoms with Crippen LogP contribution < -0.4 is 4.72 Å². The van der Waals surface area contributed by atoms with Crippen molar-refractivity contribution in [2.75, 3.05) is 12.4 Å². The lowest BCUT2D eigenvalue weighted by atomic mass is 10.5. The molecule has 0 aliphatic heterocycles. The first kappa shape index (κ1) is 13.1. The second-order valence-electron chi connectivity index (χ2n) is 3.64. The fraction of sp³-hybridized carbons (Fsp3) is 0.667. The van der Waals surface area contributed by atoms with Crippen molar-refractivity contribution in [2.24, 2.45) is 0 Å². The van der Waals surface area contributed by atoms with Crippen molar-refractivity contribution in [3.8, 4) is 0 Å². The van der Waals surface area contributed by atoms with Crippen LogP contribution in [0.5, 0.6) is 0 Å². The van der Waals surface area contributed by atoms with Crippen molar-refractivity contribution in [1.82, 2.24) is 14.7 Å². The third-order valence-electron chi connectivity index (χ3n) is 1.84. The molecule has 0 atom stereocenters. The maximum Gasteiger partial charge on any atom is 0.214 e. The number of ether oxygens (including phenoxy) is 1. The second-order valence-corrected chi connectivity index (χ2v) is 5.56. The van der Waals surface area contributed by atoms with E-state index in [0.29, 0.717) is 0 Å². The first-order valence-corrected chi connectivity index (χ1v) is 6.71. The van der Waals surface area contributed by atoms with E-state index in [1.165, 1.54) is 6.33 Å². The van der Waals surface area contributed by atoms with Gasteiger partial charge in [0.05, 0.1) is 31.3 Å². The lowest BCUT2D eigenvalue weighted by molar-refractivity contribution is 0.0911. The molecule has 0 fully saturated rings. The molecule has 1 aromatic rings. The SMILES string of the molecule is CC(C)OCCS(=O)(=O)NCc1cnc[nH]1. The maximum atomic E-state index is 11.5. The summed E-state index contributed by atoms with van der Waals surface area (Å²) in [7, 11) is -3.28. The zero-order valence-electron chi connectivity index (χ0n) is 9.43. The van der Waals surface area contributed by atoms with E-state index < -0.39 is 10.0 Å². The fourth-order valence-corrected chi connectivity index (χ4v) is 1.87. The van der Waals surface area contributed by atoms with E-state index in [2.05, 4.69) is 14.7 Å². The van der Waals surface area contributed by atoms with Crippen molar-refractivity contribution in [3.05, 3.63) is 18.2 Å². The van der Waals surface area contributed by atoms with Crippen LogP contribution in [0.2, 0.25) is 0 Å². The van der Waals surface area contributed by atoms with Gasteiger partial charge in [0.25, 0.3) is 0 Å². The normalized spacial score (nSPS) is 12.2. The molecule has 0 spiro atoms. The van der Waals surface area contributed by atoms with Gasteiger partial charge < -0.3 is 9.72 Å². The molecule has 0 saturated heterocycles. The van der Waals surface area contributed by atoms with Gasteiger partial charge in [-0.1, -0.05) is 0 Å². The number of aromatic nitrogens is 2. The third kappa shape index (κ3) is 5.24. The average Bonchev–Trinajstić information content (AvgIpc) is 2.66. The molecule has 6 nitrogen and oxygen atoms in total. The highest BCUT2D eigenvalue weighted by molar-refractivity contribution is 7.89. The third-order valence-corrected chi connectivity index (χ3v) is 3.13. The quantitative estimate of drug-likeness (QED) is 0.723. The van der Waals surface area contributed by atoms with E-state index in [1.54, 1.807) is 6.20 Å². The van der Waals surface area contributed by atoms with E-state index in [-0.39, 0.29) is 25.0 Å². The Balaban J connectivity index is 2.29. The summed E-state index contributed by atoms with van der Waals surface area (Å²) < 4.78 is 30.6. The Bertz CT molecular complexity index is 386. The molecule has 0 aliphatic rings. The van der Waals surface area contributed by atoms with Gasteiger partial charge in [0.15, 0.2) is 0 Å². The Kier molecular flexibility index (Phi) is 4.91. The summed E-state index contributed by atoms with van der Waals surface area (Å²) in [6.07, 6.45) is 3.13.